The van der Waals surface area contributed by atoms with Crippen LogP contribution in [-0.4, -0.2) is 65.6 Å². The van der Waals surface area contributed by atoms with Crippen LogP contribution in [0.5, 0.6) is 5.88 Å². The van der Waals surface area contributed by atoms with E-state index in [-0.39, 0.29) is 24.0 Å². The highest BCUT2D eigenvalue weighted by atomic mass is 127. The number of hydrogen-bond donors (Lipinski definition) is 1. The van der Waals surface area contributed by atoms with E-state index in [0.29, 0.717) is 18.4 Å². The van der Waals surface area contributed by atoms with Gasteiger partial charge in [-0.3, -0.25) is 4.99 Å². The average Bonchev–Trinajstić information content (AvgIpc) is 2.69. The topological polar surface area (TPSA) is 92.8 Å². The number of methoxy groups -OCH3 is 1. The van der Waals surface area contributed by atoms with Crippen LogP contribution >= 0.6 is 24.0 Å². The average molecular weight is 469 g/mol. The second kappa shape index (κ2) is 10.1. The first-order valence-corrected chi connectivity index (χ1v) is 8.33. The van der Waals surface area contributed by atoms with E-state index in [1.54, 1.807) is 19.5 Å². The van der Waals surface area contributed by atoms with E-state index in [1.165, 1.54) is 0 Å². The van der Waals surface area contributed by atoms with Crippen LogP contribution in [0.15, 0.2) is 41.7 Å². The molecular weight excluding hydrogens is 445 g/mol. The van der Waals surface area contributed by atoms with Crippen molar-refractivity contribution in [2.45, 2.75) is 6.42 Å². The van der Waals surface area contributed by atoms with Gasteiger partial charge in [0.2, 0.25) is 11.8 Å². The monoisotopic (exact) mass is 469 g/mol. The van der Waals surface area contributed by atoms with E-state index in [0.717, 1.165) is 44.2 Å². The van der Waals surface area contributed by atoms with Gasteiger partial charge in [0.05, 0.1) is 7.11 Å². The third-order valence-corrected chi connectivity index (χ3v) is 4.07. The zero-order valence-electron chi connectivity index (χ0n) is 14.8. The van der Waals surface area contributed by atoms with Crippen LogP contribution in [0.25, 0.3) is 0 Å². The second-order valence-electron chi connectivity index (χ2n) is 5.68. The van der Waals surface area contributed by atoms with Gasteiger partial charge in [-0.15, -0.1) is 24.0 Å². The van der Waals surface area contributed by atoms with Crippen molar-refractivity contribution in [2.75, 3.05) is 44.7 Å². The molecule has 0 radical (unpaired) electrons. The van der Waals surface area contributed by atoms with Crippen molar-refractivity contribution < 1.29 is 4.74 Å². The molecule has 0 bridgehead atoms. The Bertz CT molecular complexity index is 705. The van der Waals surface area contributed by atoms with Gasteiger partial charge in [0.25, 0.3) is 0 Å². The number of halogens is 1. The molecule has 0 unspecified atom stereocenters. The first-order valence-electron chi connectivity index (χ1n) is 8.33. The summed E-state index contributed by atoms with van der Waals surface area (Å²) in [6.07, 6.45) is 4.25. The number of ether oxygens (including phenoxy) is 1. The molecule has 2 aromatic heterocycles. The SMILES string of the molecule is COc1cccc(CCN=C(N)N2CCN(c3ncccn3)CC2)n1.I. The number of anilines is 1. The molecule has 1 aliphatic heterocycles. The highest BCUT2D eigenvalue weighted by Crippen LogP contribution is 2.10. The third kappa shape index (κ3) is 5.41. The van der Waals surface area contributed by atoms with E-state index in [2.05, 4.69) is 29.7 Å². The highest BCUT2D eigenvalue weighted by Gasteiger charge is 2.19. The van der Waals surface area contributed by atoms with Gasteiger partial charge in [0.1, 0.15) is 0 Å². The Balaban J connectivity index is 0.00000243. The lowest BCUT2D eigenvalue weighted by Gasteiger charge is -2.35. The van der Waals surface area contributed by atoms with Gasteiger partial charge in [0.15, 0.2) is 5.96 Å². The van der Waals surface area contributed by atoms with Crippen LogP contribution in [0.2, 0.25) is 0 Å². The predicted octanol–water partition coefficient (Wildman–Crippen LogP) is 1.18. The lowest BCUT2D eigenvalue weighted by Crippen LogP contribution is -2.51. The summed E-state index contributed by atoms with van der Waals surface area (Å²) in [6, 6.07) is 7.55. The maximum Gasteiger partial charge on any atom is 0.225 e. The number of guanidine groups is 1. The molecule has 1 fully saturated rings. The summed E-state index contributed by atoms with van der Waals surface area (Å²) in [5.41, 5.74) is 7.08. The van der Waals surface area contributed by atoms with Crippen molar-refractivity contribution in [2.24, 2.45) is 10.7 Å². The Morgan fingerprint density at radius 2 is 1.88 bits per heavy atom. The second-order valence-corrected chi connectivity index (χ2v) is 5.68. The van der Waals surface area contributed by atoms with Crippen molar-refractivity contribution in [3.05, 3.63) is 42.4 Å². The largest absolute Gasteiger partial charge is 0.481 e. The van der Waals surface area contributed by atoms with E-state index in [1.807, 2.05) is 24.3 Å². The van der Waals surface area contributed by atoms with Crippen LogP contribution in [0.4, 0.5) is 5.95 Å². The fourth-order valence-corrected chi connectivity index (χ4v) is 2.69. The predicted molar refractivity (Wildman–Crippen MR) is 112 cm³/mol. The molecule has 0 spiro atoms. The molecule has 8 nitrogen and oxygen atoms in total. The Hall–Kier alpha value is -2.17. The van der Waals surface area contributed by atoms with Gasteiger partial charge in [-0.25, -0.2) is 15.0 Å². The molecular formula is C17H24IN7O. The molecule has 140 valence electrons. The number of piperazine rings is 1. The Morgan fingerprint density at radius 3 is 2.58 bits per heavy atom. The third-order valence-electron chi connectivity index (χ3n) is 4.07. The summed E-state index contributed by atoms with van der Waals surface area (Å²) in [7, 11) is 1.61. The van der Waals surface area contributed by atoms with E-state index in [9.17, 15) is 0 Å². The Morgan fingerprint density at radius 1 is 1.15 bits per heavy atom. The zero-order chi connectivity index (χ0) is 17.5. The molecule has 0 atom stereocenters. The molecule has 0 aliphatic carbocycles. The smallest absolute Gasteiger partial charge is 0.225 e. The van der Waals surface area contributed by atoms with Gasteiger partial charge >= 0.3 is 0 Å². The summed E-state index contributed by atoms with van der Waals surface area (Å²) in [5, 5.41) is 0. The maximum absolute atomic E-state index is 6.13. The van der Waals surface area contributed by atoms with Crippen molar-refractivity contribution in [3.63, 3.8) is 0 Å². The van der Waals surface area contributed by atoms with Crippen molar-refractivity contribution in [3.8, 4) is 5.88 Å². The normalized spacial score (nSPS) is 14.7. The number of aromatic nitrogens is 3. The van der Waals surface area contributed by atoms with E-state index in [4.69, 9.17) is 10.5 Å². The van der Waals surface area contributed by atoms with Crippen LogP contribution < -0.4 is 15.4 Å². The van der Waals surface area contributed by atoms with Gasteiger partial charge in [0, 0.05) is 63.3 Å². The molecule has 26 heavy (non-hydrogen) atoms. The number of nitrogens with two attached hydrogens (primary N) is 1. The van der Waals surface area contributed by atoms with Gasteiger partial charge in [-0.05, 0) is 12.1 Å². The summed E-state index contributed by atoms with van der Waals surface area (Å²) in [5.74, 6) is 1.96. The van der Waals surface area contributed by atoms with Gasteiger partial charge < -0.3 is 20.3 Å². The van der Waals surface area contributed by atoms with Gasteiger partial charge in [-0.1, -0.05) is 6.07 Å². The standard InChI is InChI=1S/C17H23N7O.HI/c1-25-15-5-2-4-14(22-15)6-9-19-16(18)23-10-12-24(13-11-23)17-20-7-3-8-21-17;/h2-5,7-8H,6,9-13H2,1H3,(H2,18,19);1H. The van der Waals surface area contributed by atoms with E-state index < -0.39 is 0 Å². The molecule has 2 aromatic rings. The summed E-state index contributed by atoms with van der Waals surface area (Å²) in [4.78, 5) is 21.7. The lowest BCUT2D eigenvalue weighted by atomic mass is 10.3. The summed E-state index contributed by atoms with van der Waals surface area (Å²) in [6.45, 7) is 3.89. The van der Waals surface area contributed by atoms with Gasteiger partial charge in [-0.2, -0.15) is 0 Å². The molecule has 0 amide bonds. The molecule has 1 saturated heterocycles. The molecule has 0 aromatic carbocycles. The zero-order valence-corrected chi connectivity index (χ0v) is 17.1. The molecule has 1 aliphatic rings. The number of hydrogen-bond acceptors (Lipinski definition) is 6. The number of nitrogens with zero attached hydrogens (tertiary/aromatic N) is 6. The first-order chi connectivity index (χ1) is 12.3. The molecule has 3 rings (SSSR count). The molecule has 9 heteroatoms. The number of rotatable bonds is 5. The van der Waals surface area contributed by atoms with E-state index >= 15 is 0 Å². The molecule has 3 heterocycles. The van der Waals surface area contributed by atoms with Crippen LogP contribution in [-0.2, 0) is 6.42 Å². The van der Waals surface area contributed by atoms with Crippen LogP contribution in [0, 0.1) is 0 Å². The minimum atomic E-state index is 0. The minimum absolute atomic E-state index is 0. The van der Waals surface area contributed by atoms with Crippen molar-refractivity contribution in [1.29, 1.82) is 0 Å². The molecule has 2 N–H and O–H groups in total. The van der Waals surface area contributed by atoms with Crippen LogP contribution in [0.1, 0.15) is 5.69 Å². The Labute approximate surface area is 170 Å². The minimum Gasteiger partial charge on any atom is -0.481 e. The lowest BCUT2D eigenvalue weighted by molar-refractivity contribution is 0.378. The molecule has 0 saturated carbocycles. The maximum atomic E-state index is 6.13. The van der Waals surface area contributed by atoms with Crippen LogP contribution in [0.3, 0.4) is 0 Å². The highest BCUT2D eigenvalue weighted by molar-refractivity contribution is 14.0. The summed E-state index contributed by atoms with van der Waals surface area (Å²) < 4.78 is 5.13. The Kier molecular flexibility index (Phi) is 7.82. The van der Waals surface area contributed by atoms with Crippen molar-refractivity contribution >= 4 is 35.9 Å². The fraction of sp³-hybridized carbons (Fsp3) is 0.412. The number of aliphatic imine (C=N–C) groups is 1. The summed E-state index contributed by atoms with van der Waals surface area (Å²) >= 11 is 0. The fourth-order valence-electron chi connectivity index (χ4n) is 2.69. The van der Waals surface area contributed by atoms with Crippen molar-refractivity contribution in [1.82, 2.24) is 19.9 Å². The quantitative estimate of drug-likeness (QED) is 0.400. The number of pyridine rings is 1. The first kappa shape index (κ1) is 20.1.